The Morgan fingerprint density at radius 1 is 0.944 bits per heavy atom. The molecule has 0 saturated carbocycles. The molecule has 0 N–H and O–H groups in total. The Labute approximate surface area is 113 Å². The molecule has 1 amide bonds. The predicted octanol–water partition coefficient (Wildman–Crippen LogP) is 4.39. The maximum atomic E-state index is 12.6. The molecule has 0 aromatic carbocycles. The molecule has 18 heavy (non-hydrogen) atoms. The minimum absolute atomic E-state index is 0.300. The van der Waals surface area contributed by atoms with Crippen LogP contribution in [-0.4, -0.2) is 23.9 Å². The van der Waals surface area contributed by atoms with Crippen LogP contribution in [0.4, 0.5) is 0 Å². The summed E-state index contributed by atoms with van der Waals surface area (Å²) < 4.78 is 0. The zero-order chi connectivity index (χ0) is 13.2. The van der Waals surface area contributed by atoms with Crippen molar-refractivity contribution >= 4 is 5.91 Å². The van der Waals surface area contributed by atoms with Crippen molar-refractivity contribution < 1.29 is 4.79 Å². The maximum Gasteiger partial charge on any atom is 0.225 e. The summed E-state index contributed by atoms with van der Waals surface area (Å²) in [6.07, 6.45) is 12.1. The van der Waals surface area contributed by atoms with E-state index in [1.807, 2.05) is 0 Å². The number of amides is 1. The summed E-state index contributed by atoms with van der Waals surface area (Å²) in [7, 11) is 0. The van der Waals surface area contributed by atoms with Crippen molar-refractivity contribution in [3.8, 4) is 0 Å². The summed E-state index contributed by atoms with van der Waals surface area (Å²) in [5.74, 6) is 0.751. The molecular weight excluding hydrogens is 222 g/mol. The van der Waals surface area contributed by atoms with E-state index in [1.165, 1.54) is 44.9 Å². The van der Waals surface area contributed by atoms with Crippen LogP contribution in [0, 0.1) is 5.92 Å². The fourth-order valence-corrected chi connectivity index (χ4v) is 2.92. The minimum Gasteiger partial charge on any atom is -0.342 e. The average molecular weight is 253 g/mol. The van der Waals surface area contributed by atoms with Gasteiger partial charge in [0.05, 0.1) is 0 Å². The third-order valence-corrected chi connectivity index (χ3v) is 4.06. The van der Waals surface area contributed by atoms with Gasteiger partial charge in [-0.1, -0.05) is 52.4 Å². The van der Waals surface area contributed by atoms with Crippen LogP contribution in [0.1, 0.15) is 78.1 Å². The van der Waals surface area contributed by atoms with E-state index in [9.17, 15) is 4.79 Å². The number of carbonyl (C=O) groups excluding carboxylic acids is 1. The molecule has 106 valence electrons. The summed E-state index contributed by atoms with van der Waals surface area (Å²) in [6, 6.07) is 0. The number of hydrogen-bond acceptors (Lipinski definition) is 1. The fourth-order valence-electron chi connectivity index (χ4n) is 2.92. The molecule has 0 aliphatic carbocycles. The summed E-state index contributed by atoms with van der Waals surface area (Å²) in [5.41, 5.74) is 0. The molecule has 0 radical (unpaired) electrons. The zero-order valence-electron chi connectivity index (χ0n) is 12.4. The number of unbranched alkanes of at least 4 members (excludes halogenated alkanes) is 1. The van der Waals surface area contributed by atoms with Gasteiger partial charge in [0, 0.05) is 19.0 Å². The molecule has 1 atom stereocenters. The van der Waals surface area contributed by atoms with Gasteiger partial charge >= 0.3 is 0 Å². The molecule has 1 unspecified atom stereocenters. The van der Waals surface area contributed by atoms with E-state index in [0.717, 1.165) is 32.4 Å². The van der Waals surface area contributed by atoms with Gasteiger partial charge in [0.25, 0.3) is 0 Å². The van der Waals surface area contributed by atoms with Gasteiger partial charge in [0.1, 0.15) is 0 Å². The van der Waals surface area contributed by atoms with Crippen molar-refractivity contribution in [3.05, 3.63) is 0 Å². The molecule has 1 fully saturated rings. The van der Waals surface area contributed by atoms with E-state index >= 15 is 0 Å². The van der Waals surface area contributed by atoms with Crippen LogP contribution in [0.25, 0.3) is 0 Å². The van der Waals surface area contributed by atoms with Crippen LogP contribution < -0.4 is 0 Å². The van der Waals surface area contributed by atoms with Crippen molar-refractivity contribution in [1.82, 2.24) is 4.90 Å². The molecule has 0 aromatic rings. The Kier molecular flexibility index (Phi) is 8.11. The van der Waals surface area contributed by atoms with E-state index in [1.54, 1.807) is 0 Å². The Morgan fingerprint density at radius 3 is 2.11 bits per heavy atom. The summed E-state index contributed by atoms with van der Waals surface area (Å²) in [5, 5.41) is 0. The van der Waals surface area contributed by atoms with Gasteiger partial charge in [0.2, 0.25) is 5.91 Å². The van der Waals surface area contributed by atoms with Gasteiger partial charge in [-0.2, -0.15) is 0 Å². The highest BCUT2D eigenvalue weighted by molar-refractivity contribution is 5.78. The Hall–Kier alpha value is -0.530. The van der Waals surface area contributed by atoms with E-state index in [0.29, 0.717) is 11.8 Å². The third-order valence-electron chi connectivity index (χ3n) is 4.06. The average Bonchev–Trinajstić information content (AvgIpc) is 2.33. The normalized spacial score (nSPS) is 19.1. The Morgan fingerprint density at radius 2 is 1.56 bits per heavy atom. The number of hydrogen-bond donors (Lipinski definition) is 0. The van der Waals surface area contributed by atoms with Crippen molar-refractivity contribution in [2.45, 2.75) is 78.1 Å². The maximum absolute atomic E-state index is 12.6. The summed E-state index contributed by atoms with van der Waals surface area (Å²) >= 11 is 0. The molecule has 2 nitrogen and oxygen atoms in total. The van der Waals surface area contributed by atoms with Gasteiger partial charge in [-0.25, -0.2) is 0 Å². The first-order chi connectivity index (χ1) is 8.79. The van der Waals surface area contributed by atoms with Crippen molar-refractivity contribution in [3.63, 3.8) is 0 Å². The first-order valence-corrected chi connectivity index (χ1v) is 8.08. The molecule has 0 aromatic heterocycles. The SMILES string of the molecule is CCCCC(CCC)C(=O)N1CCCCCCC1. The van der Waals surface area contributed by atoms with Crippen LogP contribution in [-0.2, 0) is 4.79 Å². The van der Waals surface area contributed by atoms with Gasteiger partial charge in [-0.15, -0.1) is 0 Å². The number of likely N-dealkylation sites (tertiary alicyclic amines) is 1. The first-order valence-electron chi connectivity index (χ1n) is 8.08. The van der Waals surface area contributed by atoms with Gasteiger partial charge in [-0.05, 0) is 25.7 Å². The molecule has 1 aliphatic rings. The minimum atomic E-state index is 0.300. The van der Waals surface area contributed by atoms with Crippen LogP contribution in [0.15, 0.2) is 0 Å². The Bertz CT molecular complexity index is 212. The highest BCUT2D eigenvalue weighted by Gasteiger charge is 2.23. The van der Waals surface area contributed by atoms with E-state index in [4.69, 9.17) is 0 Å². The second kappa shape index (κ2) is 9.41. The zero-order valence-corrected chi connectivity index (χ0v) is 12.4. The smallest absolute Gasteiger partial charge is 0.225 e. The second-order valence-electron chi connectivity index (χ2n) is 5.72. The predicted molar refractivity (Wildman–Crippen MR) is 77.6 cm³/mol. The highest BCUT2D eigenvalue weighted by Crippen LogP contribution is 2.20. The lowest BCUT2D eigenvalue weighted by Gasteiger charge is -2.29. The largest absolute Gasteiger partial charge is 0.342 e. The van der Waals surface area contributed by atoms with Crippen LogP contribution in [0.2, 0.25) is 0 Å². The molecular formula is C16H31NO. The number of nitrogens with zero attached hydrogens (tertiary/aromatic N) is 1. The standard InChI is InChI=1S/C16H31NO/c1-3-5-12-15(11-4-2)16(18)17-13-9-7-6-8-10-14-17/h15H,3-14H2,1-2H3. The van der Waals surface area contributed by atoms with Crippen LogP contribution in [0.3, 0.4) is 0 Å². The molecule has 0 bridgehead atoms. The summed E-state index contributed by atoms with van der Waals surface area (Å²) in [4.78, 5) is 14.7. The van der Waals surface area contributed by atoms with Crippen LogP contribution >= 0.6 is 0 Å². The van der Waals surface area contributed by atoms with E-state index in [-0.39, 0.29) is 0 Å². The molecule has 1 heterocycles. The Balaban J connectivity index is 2.49. The molecule has 1 aliphatic heterocycles. The number of carbonyl (C=O) groups is 1. The lowest BCUT2D eigenvalue weighted by atomic mass is 9.95. The van der Waals surface area contributed by atoms with Gasteiger partial charge in [-0.3, -0.25) is 4.79 Å². The van der Waals surface area contributed by atoms with Crippen LogP contribution in [0.5, 0.6) is 0 Å². The molecule has 2 heteroatoms. The topological polar surface area (TPSA) is 20.3 Å². The monoisotopic (exact) mass is 253 g/mol. The van der Waals surface area contributed by atoms with Crippen molar-refractivity contribution in [2.75, 3.05) is 13.1 Å². The lowest BCUT2D eigenvalue weighted by molar-refractivity contribution is -0.136. The number of rotatable bonds is 6. The van der Waals surface area contributed by atoms with Crippen molar-refractivity contribution in [1.29, 1.82) is 0 Å². The fraction of sp³-hybridized carbons (Fsp3) is 0.938. The van der Waals surface area contributed by atoms with Gasteiger partial charge < -0.3 is 4.90 Å². The molecule has 0 spiro atoms. The van der Waals surface area contributed by atoms with Crippen molar-refractivity contribution in [2.24, 2.45) is 5.92 Å². The summed E-state index contributed by atoms with van der Waals surface area (Å²) in [6.45, 7) is 6.42. The molecule has 1 rings (SSSR count). The highest BCUT2D eigenvalue weighted by atomic mass is 16.2. The van der Waals surface area contributed by atoms with E-state index < -0.39 is 0 Å². The second-order valence-corrected chi connectivity index (χ2v) is 5.72. The molecule has 1 saturated heterocycles. The van der Waals surface area contributed by atoms with Gasteiger partial charge in [0.15, 0.2) is 0 Å². The third kappa shape index (κ3) is 5.41. The lowest BCUT2D eigenvalue weighted by Crippen LogP contribution is -2.38. The van der Waals surface area contributed by atoms with E-state index in [2.05, 4.69) is 18.7 Å². The quantitative estimate of drug-likeness (QED) is 0.687. The first kappa shape index (κ1) is 15.5.